The normalized spacial score (nSPS) is 11.7. The van der Waals surface area contributed by atoms with Gasteiger partial charge in [-0.3, -0.25) is 0 Å². The minimum Gasteiger partial charge on any atom is -0.491 e. The SMILES string of the molecule is CC(C)Oc1cccc(/C(N)=C(\C#N)NN)c1. The van der Waals surface area contributed by atoms with Crippen molar-refractivity contribution >= 4 is 5.70 Å². The second-order valence-corrected chi connectivity index (χ2v) is 3.74. The number of hydrogen-bond donors (Lipinski definition) is 3. The smallest absolute Gasteiger partial charge is 0.151 e. The van der Waals surface area contributed by atoms with E-state index in [0.717, 1.165) is 0 Å². The van der Waals surface area contributed by atoms with Gasteiger partial charge in [0.1, 0.15) is 11.8 Å². The molecule has 5 nitrogen and oxygen atoms in total. The first-order valence-corrected chi connectivity index (χ1v) is 5.22. The van der Waals surface area contributed by atoms with Gasteiger partial charge in [-0.15, -0.1) is 0 Å². The third kappa shape index (κ3) is 3.40. The van der Waals surface area contributed by atoms with Crippen molar-refractivity contribution in [1.29, 1.82) is 5.26 Å². The summed E-state index contributed by atoms with van der Waals surface area (Å²) in [6.07, 6.45) is 0.0820. The summed E-state index contributed by atoms with van der Waals surface area (Å²) in [4.78, 5) is 0. The summed E-state index contributed by atoms with van der Waals surface area (Å²) in [5, 5.41) is 8.81. The molecule has 0 saturated carbocycles. The Balaban J connectivity index is 3.08. The number of hydrazine groups is 1. The maximum absolute atomic E-state index is 8.81. The van der Waals surface area contributed by atoms with Gasteiger partial charge < -0.3 is 15.9 Å². The Labute approximate surface area is 101 Å². The average molecular weight is 232 g/mol. The standard InChI is InChI=1S/C12H16N4O/c1-8(2)17-10-5-3-4-9(6-10)12(14)11(7-13)16-15/h3-6,8,16H,14-15H2,1-2H3/b12-11-. The van der Waals surface area contributed by atoms with Crippen LogP contribution in [0.15, 0.2) is 30.0 Å². The second-order valence-electron chi connectivity index (χ2n) is 3.74. The Kier molecular flexibility index (Phi) is 4.37. The molecular formula is C12H16N4O. The zero-order chi connectivity index (χ0) is 12.8. The molecule has 0 atom stereocenters. The highest BCUT2D eigenvalue weighted by atomic mass is 16.5. The number of hydrogen-bond acceptors (Lipinski definition) is 5. The number of ether oxygens (including phenoxy) is 1. The molecule has 90 valence electrons. The van der Waals surface area contributed by atoms with E-state index in [9.17, 15) is 0 Å². The molecule has 1 aromatic carbocycles. The van der Waals surface area contributed by atoms with Crippen LogP contribution in [0.25, 0.3) is 5.70 Å². The van der Waals surface area contributed by atoms with E-state index in [-0.39, 0.29) is 11.8 Å². The number of allylic oxidation sites excluding steroid dienone is 1. The summed E-state index contributed by atoms with van der Waals surface area (Å²) >= 11 is 0. The van der Waals surface area contributed by atoms with E-state index in [0.29, 0.717) is 17.0 Å². The van der Waals surface area contributed by atoms with Gasteiger partial charge >= 0.3 is 0 Å². The molecule has 0 radical (unpaired) electrons. The lowest BCUT2D eigenvalue weighted by Crippen LogP contribution is -2.23. The maximum Gasteiger partial charge on any atom is 0.151 e. The number of nitrogens with one attached hydrogen (secondary N) is 1. The van der Waals surface area contributed by atoms with E-state index in [1.807, 2.05) is 32.0 Å². The molecule has 0 aliphatic carbocycles. The average Bonchev–Trinajstić information content (AvgIpc) is 2.30. The second kappa shape index (κ2) is 5.77. The van der Waals surface area contributed by atoms with Crippen molar-refractivity contribution in [3.8, 4) is 11.8 Å². The van der Waals surface area contributed by atoms with Gasteiger partial charge in [-0.1, -0.05) is 12.1 Å². The first-order valence-electron chi connectivity index (χ1n) is 5.22. The molecule has 1 aromatic rings. The number of nitriles is 1. The molecule has 5 N–H and O–H groups in total. The van der Waals surface area contributed by atoms with Crippen LogP contribution < -0.4 is 21.7 Å². The number of nitrogens with two attached hydrogens (primary N) is 2. The number of benzene rings is 1. The minimum absolute atomic E-state index is 0.0820. The zero-order valence-corrected chi connectivity index (χ0v) is 9.90. The molecular weight excluding hydrogens is 216 g/mol. The van der Waals surface area contributed by atoms with Crippen LogP contribution in [0.5, 0.6) is 5.75 Å². The van der Waals surface area contributed by atoms with Crippen molar-refractivity contribution in [3.63, 3.8) is 0 Å². The third-order valence-corrected chi connectivity index (χ3v) is 2.04. The molecule has 1 rings (SSSR count). The summed E-state index contributed by atoms with van der Waals surface area (Å²) in [7, 11) is 0. The first-order chi connectivity index (χ1) is 8.08. The highest BCUT2D eigenvalue weighted by Crippen LogP contribution is 2.19. The molecule has 0 heterocycles. The Morgan fingerprint density at radius 1 is 1.47 bits per heavy atom. The molecule has 0 aliphatic heterocycles. The van der Waals surface area contributed by atoms with Crippen LogP contribution in [-0.4, -0.2) is 6.10 Å². The Morgan fingerprint density at radius 3 is 2.71 bits per heavy atom. The predicted molar refractivity (Wildman–Crippen MR) is 66.2 cm³/mol. The van der Waals surface area contributed by atoms with Gasteiger partial charge in [0, 0.05) is 5.56 Å². The molecule has 0 amide bonds. The van der Waals surface area contributed by atoms with E-state index in [4.69, 9.17) is 21.6 Å². The molecule has 0 spiro atoms. The van der Waals surface area contributed by atoms with E-state index in [1.165, 1.54) is 0 Å². The summed E-state index contributed by atoms with van der Waals surface area (Å²) in [5.74, 6) is 5.90. The van der Waals surface area contributed by atoms with E-state index >= 15 is 0 Å². The van der Waals surface area contributed by atoms with E-state index in [1.54, 1.807) is 12.1 Å². The molecule has 0 saturated heterocycles. The fourth-order valence-electron chi connectivity index (χ4n) is 1.32. The highest BCUT2D eigenvalue weighted by Gasteiger charge is 2.06. The van der Waals surface area contributed by atoms with Crippen LogP contribution in [-0.2, 0) is 0 Å². The lowest BCUT2D eigenvalue weighted by Gasteiger charge is -2.11. The molecule has 5 heteroatoms. The van der Waals surface area contributed by atoms with Gasteiger partial charge in [0.15, 0.2) is 5.70 Å². The molecule has 0 unspecified atom stereocenters. The van der Waals surface area contributed by atoms with Crippen molar-refractivity contribution in [2.24, 2.45) is 11.6 Å². The number of rotatable bonds is 4. The predicted octanol–water partition coefficient (Wildman–Crippen LogP) is 1.09. The van der Waals surface area contributed by atoms with Crippen LogP contribution in [0.1, 0.15) is 19.4 Å². The minimum atomic E-state index is 0.0820. The number of nitrogens with zero attached hydrogens (tertiary/aromatic N) is 1. The molecule has 0 bridgehead atoms. The fourth-order valence-corrected chi connectivity index (χ4v) is 1.32. The molecule has 17 heavy (non-hydrogen) atoms. The van der Waals surface area contributed by atoms with E-state index in [2.05, 4.69) is 5.43 Å². The van der Waals surface area contributed by atoms with Crippen LogP contribution >= 0.6 is 0 Å². The van der Waals surface area contributed by atoms with Crippen molar-refractivity contribution < 1.29 is 4.74 Å². The third-order valence-electron chi connectivity index (χ3n) is 2.04. The molecule has 0 fully saturated rings. The summed E-state index contributed by atoms with van der Waals surface area (Å²) in [6, 6.07) is 9.09. The van der Waals surface area contributed by atoms with Crippen molar-refractivity contribution in [2.45, 2.75) is 20.0 Å². The molecule has 0 aliphatic rings. The molecule has 0 aromatic heterocycles. The zero-order valence-electron chi connectivity index (χ0n) is 9.90. The van der Waals surface area contributed by atoms with Gasteiger partial charge in [-0.25, -0.2) is 5.84 Å². The monoisotopic (exact) mass is 232 g/mol. The van der Waals surface area contributed by atoms with Crippen LogP contribution in [0, 0.1) is 11.3 Å². The van der Waals surface area contributed by atoms with Crippen LogP contribution in [0.4, 0.5) is 0 Å². The van der Waals surface area contributed by atoms with Crippen LogP contribution in [0.3, 0.4) is 0 Å². The lowest BCUT2D eigenvalue weighted by atomic mass is 10.1. The maximum atomic E-state index is 8.81. The van der Waals surface area contributed by atoms with Crippen molar-refractivity contribution in [3.05, 3.63) is 35.5 Å². The first kappa shape index (κ1) is 12.9. The van der Waals surface area contributed by atoms with Gasteiger partial charge in [-0.2, -0.15) is 5.26 Å². The Bertz CT molecular complexity index is 460. The largest absolute Gasteiger partial charge is 0.491 e. The van der Waals surface area contributed by atoms with E-state index < -0.39 is 0 Å². The van der Waals surface area contributed by atoms with Crippen molar-refractivity contribution in [2.75, 3.05) is 0 Å². The van der Waals surface area contributed by atoms with Crippen LogP contribution in [0.2, 0.25) is 0 Å². The summed E-state index contributed by atoms with van der Waals surface area (Å²) in [6.45, 7) is 3.88. The van der Waals surface area contributed by atoms with Gasteiger partial charge in [0.2, 0.25) is 0 Å². The highest BCUT2D eigenvalue weighted by molar-refractivity contribution is 5.69. The fraction of sp³-hybridized carbons (Fsp3) is 0.250. The topological polar surface area (TPSA) is 97.1 Å². The Morgan fingerprint density at radius 2 is 2.18 bits per heavy atom. The van der Waals surface area contributed by atoms with Gasteiger partial charge in [0.05, 0.1) is 11.8 Å². The summed E-state index contributed by atoms with van der Waals surface area (Å²) < 4.78 is 5.54. The quantitative estimate of drug-likeness (QED) is 0.410. The van der Waals surface area contributed by atoms with Gasteiger partial charge in [-0.05, 0) is 26.0 Å². The van der Waals surface area contributed by atoms with Crippen molar-refractivity contribution in [1.82, 2.24) is 5.43 Å². The summed E-state index contributed by atoms with van der Waals surface area (Å²) in [5.41, 5.74) is 9.20. The van der Waals surface area contributed by atoms with Gasteiger partial charge in [0.25, 0.3) is 0 Å². The Hall–Kier alpha value is -2.19. The lowest BCUT2D eigenvalue weighted by molar-refractivity contribution is 0.242.